The van der Waals surface area contributed by atoms with Crippen LogP contribution in [0, 0.1) is 0 Å². The van der Waals surface area contributed by atoms with Gasteiger partial charge in [0.2, 0.25) is 0 Å². The summed E-state index contributed by atoms with van der Waals surface area (Å²) in [5.74, 6) is 1.73. The van der Waals surface area contributed by atoms with Crippen LogP contribution >= 0.6 is 0 Å². The van der Waals surface area contributed by atoms with Crippen LogP contribution in [0.25, 0.3) is 0 Å². The van der Waals surface area contributed by atoms with Gasteiger partial charge in [-0.3, -0.25) is 4.79 Å². The van der Waals surface area contributed by atoms with Gasteiger partial charge in [0.25, 0.3) is 5.56 Å². The summed E-state index contributed by atoms with van der Waals surface area (Å²) in [6, 6.07) is 1.55. The van der Waals surface area contributed by atoms with E-state index in [2.05, 4.69) is 14.9 Å². The molecule has 1 aliphatic heterocycles. The van der Waals surface area contributed by atoms with Crippen LogP contribution in [0.5, 0.6) is 0 Å². The van der Waals surface area contributed by atoms with Gasteiger partial charge in [-0.05, 0) is 0 Å². The molecule has 0 aliphatic carbocycles. The molecule has 0 unspecified atom stereocenters. The molecule has 0 amide bonds. The van der Waals surface area contributed by atoms with Crippen LogP contribution in [-0.4, -0.2) is 36.3 Å². The Balaban J connectivity index is 2.29. The summed E-state index contributed by atoms with van der Waals surface area (Å²) < 4.78 is 5.27. The number of nitrogens with zero attached hydrogens (tertiary/aromatic N) is 2. The molecule has 1 N–H and O–H groups in total. The maximum Gasteiger partial charge on any atom is 0.252 e. The molecule has 1 saturated heterocycles. The molecular weight excluding hydrogens is 206 g/mol. The zero-order valence-electron chi connectivity index (χ0n) is 9.69. The molecule has 16 heavy (non-hydrogen) atoms. The maximum absolute atomic E-state index is 11.5. The number of hydrogen-bond donors (Lipinski definition) is 1. The SMILES string of the molecule is CC(C)c1nc(N2CCOCC2)cc(=O)[nH]1. The molecule has 0 spiro atoms. The van der Waals surface area contributed by atoms with Crippen LogP contribution in [0.1, 0.15) is 25.6 Å². The molecule has 0 radical (unpaired) electrons. The van der Waals surface area contributed by atoms with Gasteiger partial charge in [0.05, 0.1) is 13.2 Å². The molecule has 2 heterocycles. The van der Waals surface area contributed by atoms with Gasteiger partial charge < -0.3 is 14.6 Å². The van der Waals surface area contributed by atoms with Gasteiger partial charge in [0.1, 0.15) is 11.6 Å². The van der Waals surface area contributed by atoms with E-state index in [-0.39, 0.29) is 11.5 Å². The average Bonchev–Trinajstić information content (AvgIpc) is 2.29. The van der Waals surface area contributed by atoms with Crippen LogP contribution in [0.3, 0.4) is 0 Å². The zero-order valence-corrected chi connectivity index (χ0v) is 9.69. The monoisotopic (exact) mass is 223 g/mol. The van der Waals surface area contributed by atoms with Crippen molar-refractivity contribution in [1.29, 1.82) is 0 Å². The Labute approximate surface area is 94.5 Å². The van der Waals surface area contributed by atoms with Crippen molar-refractivity contribution in [2.75, 3.05) is 31.2 Å². The standard InChI is InChI=1S/C11H17N3O2/c1-8(2)11-12-9(7-10(15)13-11)14-3-5-16-6-4-14/h7-8H,3-6H2,1-2H3,(H,12,13,15). The van der Waals surface area contributed by atoms with Gasteiger partial charge in [0.15, 0.2) is 0 Å². The van der Waals surface area contributed by atoms with Crippen LogP contribution in [0.2, 0.25) is 0 Å². The first-order valence-corrected chi connectivity index (χ1v) is 5.61. The number of rotatable bonds is 2. The minimum Gasteiger partial charge on any atom is -0.378 e. The molecule has 1 aromatic rings. The first-order valence-electron chi connectivity index (χ1n) is 5.61. The van der Waals surface area contributed by atoms with Gasteiger partial charge in [-0.25, -0.2) is 4.98 Å². The van der Waals surface area contributed by atoms with Gasteiger partial charge in [-0.1, -0.05) is 13.8 Å². The van der Waals surface area contributed by atoms with E-state index in [1.807, 2.05) is 13.8 Å². The smallest absolute Gasteiger partial charge is 0.252 e. The van der Waals surface area contributed by atoms with Crippen LogP contribution in [0.4, 0.5) is 5.82 Å². The second-order valence-corrected chi connectivity index (χ2v) is 4.24. The van der Waals surface area contributed by atoms with E-state index in [1.165, 1.54) is 0 Å². The summed E-state index contributed by atoms with van der Waals surface area (Å²) in [5.41, 5.74) is -0.0832. The lowest BCUT2D eigenvalue weighted by molar-refractivity contribution is 0.122. The first kappa shape index (κ1) is 11.1. The highest BCUT2D eigenvalue weighted by atomic mass is 16.5. The van der Waals surface area contributed by atoms with E-state index in [0.717, 1.165) is 24.7 Å². The summed E-state index contributed by atoms with van der Waals surface area (Å²) >= 11 is 0. The highest BCUT2D eigenvalue weighted by molar-refractivity contribution is 5.38. The Morgan fingerprint density at radius 3 is 2.75 bits per heavy atom. The van der Waals surface area contributed by atoms with E-state index in [4.69, 9.17) is 4.74 Å². The summed E-state index contributed by atoms with van der Waals surface area (Å²) in [6.45, 7) is 7.03. The van der Waals surface area contributed by atoms with Gasteiger partial charge in [0, 0.05) is 25.1 Å². The zero-order chi connectivity index (χ0) is 11.5. The highest BCUT2D eigenvalue weighted by Gasteiger charge is 2.14. The number of nitrogens with one attached hydrogen (secondary N) is 1. The lowest BCUT2D eigenvalue weighted by Gasteiger charge is -2.27. The molecule has 0 saturated carbocycles. The first-order chi connectivity index (χ1) is 7.66. The van der Waals surface area contributed by atoms with Crippen molar-refractivity contribution in [3.8, 4) is 0 Å². The Bertz CT molecular complexity index is 408. The van der Waals surface area contributed by atoms with E-state index in [0.29, 0.717) is 13.2 Å². The molecule has 1 aromatic heterocycles. The van der Waals surface area contributed by atoms with E-state index in [1.54, 1.807) is 6.07 Å². The van der Waals surface area contributed by atoms with Crippen molar-refractivity contribution in [1.82, 2.24) is 9.97 Å². The molecule has 5 heteroatoms. The predicted molar refractivity (Wildman–Crippen MR) is 62.0 cm³/mol. The number of ether oxygens (including phenoxy) is 1. The Morgan fingerprint density at radius 1 is 1.44 bits per heavy atom. The molecular formula is C11H17N3O2. The molecule has 88 valence electrons. The fourth-order valence-electron chi connectivity index (χ4n) is 1.69. The molecule has 2 rings (SSSR count). The number of aromatic nitrogens is 2. The quantitative estimate of drug-likeness (QED) is 0.803. The molecule has 0 bridgehead atoms. The van der Waals surface area contributed by atoms with E-state index >= 15 is 0 Å². The van der Waals surface area contributed by atoms with Crippen molar-refractivity contribution in [3.05, 3.63) is 22.2 Å². The third kappa shape index (κ3) is 2.41. The largest absolute Gasteiger partial charge is 0.378 e. The third-order valence-corrected chi connectivity index (χ3v) is 2.63. The Kier molecular flexibility index (Phi) is 3.24. The Hall–Kier alpha value is -1.36. The second-order valence-electron chi connectivity index (χ2n) is 4.24. The number of morpholine rings is 1. The summed E-state index contributed by atoms with van der Waals surface area (Å²) in [4.78, 5) is 20.8. The minimum atomic E-state index is -0.0832. The van der Waals surface area contributed by atoms with Crippen LogP contribution < -0.4 is 10.5 Å². The summed E-state index contributed by atoms with van der Waals surface area (Å²) in [6.07, 6.45) is 0. The van der Waals surface area contributed by atoms with Crippen LogP contribution in [0.15, 0.2) is 10.9 Å². The highest BCUT2D eigenvalue weighted by Crippen LogP contribution is 2.13. The maximum atomic E-state index is 11.5. The van der Waals surface area contributed by atoms with Crippen molar-refractivity contribution in [3.63, 3.8) is 0 Å². The lowest BCUT2D eigenvalue weighted by Crippen LogP contribution is -2.37. The lowest BCUT2D eigenvalue weighted by atomic mass is 10.2. The molecule has 0 aromatic carbocycles. The van der Waals surface area contributed by atoms with Crippen molar-refractivity contribution >= 4 is 5.82 Å². The third-order valence-electron chi connectivity index (χ3n) is 2.63. The van der Waals surface area contributed by atoms with Gasteiger partial charge >= 0.3 is 0 Å². The van der Waals surface area contributed by atoms with E-state index < -0.39 is 0 Å². The number of hydrogen-bond acceptors (Lipinski definition) is 4. The molecule has 1 fully saturated rings. The minimum absolute atomic E-state index is 0.0832. The fourth-order valence-corrected chi connectivity index (χ4v) is 1.69. The summed E-state index contributed by atoms with van der Waals surface area (Å²) in [5, 5.41) is 0. The number of anilines is 1. The van der Waals surface area contributed by atoms with Crippen LogP contribution in [-0.2, 0) is 4.74 Å². The molecule has 1 aliphatic rings. The number of H-pyrrole nitrogens is 1. The van der Waals surface area contributed by atoms with Gasteiger partial charge in [-0.15, -0.1) is 0 Å². The molecule has 0 atom stereocenters. The summed E-state index contributed by atoms with van der Waals surface area (Å²) in [7, 11) is 0. The fraction of sp³-hybridized carbons (Fsp3) is 0.636. The predicted octanol–water partition coefficient (Wildman–Crippen LogP) is 0.730. The van der Waals surface area contributed by atoms with Crippen molar-refractivity contribution < 1.29 is 4.74 Å². The van der Waals surface area contributed by atoms with Crippen molar-refractivity contribution in [2.45, 2.75) is 19.8 Å². The second kappa shape index (κ2) is 4.65. The topological polar surface area (TPSA) is 58.2 Å². The molecule has 5 nitrogen and oxygen atoms in total. The Morgan fingerprint density at radius 2 is 2.12 bits per heavy atom. The average molecular weight is 223 g/mol. The number of aromatic amines is 1. The normalized spacial score (nSPS) is 16.8. The van der Waals surface area contributed by atoms with Gasteiger partial charge in [-0.2, -0.15) is 0 Å². The van der Waals surface area contributed by atoms with Crippen molar-refractivity contribution in [2.24, 2.45) is 0 Å². The van der Waals surface area contributed by atoms with E-state index in [9.17, 15) is 4.79 Å².